The first kappa shape index (κ1) is 17.2. The summed E-state index contributed by atoms with van der Waals surface area (Å²) in [7, 11) is 0. The Labute approximate surface area is 95.8 Å². The van der Waals surface area contributed by atoms with Crippen molar-refractivity contribution in [1.29, 1.82) is 0 Å². The number of benzene rings is 1. The maximum absolute atomic E-state index is 10.4. The van der Waals surface area contributed by atoms with Crippen LogP contribution in [0.3, 0.4) is 0 Å². The molecule has 1 aromatic carbocycles. The lowest BCUT2D eigenvalue weighted by Gasteiger charge is -1.91. The Morgan fingerprint density at radius 1 is 1.06 bits per heavy atom. The van der Waals surface area contributed by atoms with Crippen LogP contribution in [0.15, 0.2) is 30.8 Å². The van der Waals surface area contributed by atoms with Gasteiger partial charge in [-0.1, -0.05) is 56.3 Å². The molecular weight excluding hydrogens is 213 g/mol. The standard InChI is InChI=1S/C9H10.C2H3F3.C2H6/c1-3-9-6-4-8(2)5-7-9;1-2(3,4)5;1-2/h3-7H,1H2,2H3;1H3;1-2H3. The van der Waals surface area contributed by atoms with E-state index in [1.807, 2.05) is 19.9 Å². The van der Waals surface area contributed by atoms with Gasteiger partial charge in [0.2, 0.25) is 0 Å². The molecule has 0 spiro atoms. The van der Waals surface area contributed by atoms with E-state index < -0.39 is 6.18 Å². The van der Waals surface area contributed by atoms with Gasteiger partial charge < -0.3 is 0 Å². The van der Waals surface area contributed by atoms with Gasteiger partial charge in [0, 0.05) is 6.92 Å². The van der Waals surface area contributed by atoms with E-state index in [0.29, 0.717) is 0 Å². The van der Waals surface area contributed by atoms with Gasteiger partial charge in [0.1, 0.15) is 0 Å². The maximum Gasteiger partial charge on any atom is 0.386 e. The lowest BCUT2D eigenvalue weighted by atomic mass is 10.2. The summed E-state index contributed by atoms with van der Waals surface area (Å²) in [4.78, 5) is 0. The van der Waals surface area contributed by atoms with E-state index in [0.717, 1.165) is 0 Å². The van der Waals surface area contributed by atoms with Crippen molar-refractivity contribution in [2.45, 2.75) is 33.9 Å². The number of aryl methyl sites for hydroxylation is 1. The molecule has 0 nitrogen and oxygen atoms in total. The van der Waals surface area contributed by atoms with E-state index in [9.17, 15) is 13.2 Å². The van der Waals surface area contributed by atoms with Crippen molar-refractivity contribution < 1.29 is 13.2 Å². The summed E-state index contributed by atoms with van der Waals surface area (Å²) in [5.74, 6) is 0. The van der Waals surface area contributed by atoms with E-state index in [1.54, 1.807) is 0 Å². The zero-order chi connectivity index (χ0) is 13.2. The predicted molar refractivity (Wildman–Crippen MR) is 64.3 cm³/mol. The normalized spacial score (nSPS) is 9.19. The van der Waals surface area contributed by atoms with Gasteiger partial charge in [-0.3, -0.25) is 0 Å². The van der Waals surface area contributed by atoms with Crippen LogP contribution >= 0.6 is 0 Å². The Morgan fingerprint density at radius 2 is 1.38 bits per heavy atom. The molecule has 0 saturated heterocycles. The quantitative estimate of drug-likeness (QED) is 0.621. The van der Waals surface area contributed by atoms with Crippen molar-refractivity contribution in [3.63, 3.8) is 0 Å². The second-order valence-corrected chi connectivity index (χ2v) is 2.90. The zero-order valence-corrected chi connectivity index (χ0v) is 10.2. The molecule has 0 unspecified atom stereocenters. The Kier molecular flexibility index (Phi) is 9.66. The van der Waals surface area contributed by atoms with Crippen molar-refractivity contribution in [1.82, 2.24) is 0 Å². The van der Waals surface area contributed by atoms with Gasteiger partial charge in [-0.2, -0.15) is 13.2 Å². The van der Waals surface area contributed by atoms with Crippen LogP contribution in [0, 0.1) is 6.92 Å². The average Bonchev–Trinajstić information content (AvgIpc) is 2.20. The molecule has 0 heterocycles. The first-order valence-corrected chi connectivity index (χ1v) is 5.09. The van der Waals surface area contributed by atoms with Crippen molar-refractivity contribution in [3.05, 3.63) is 42.0 Å². The number of halogens is 3. The first-order chi connectivity index (χ1) is 7.33. The molecule has 0 aromatic heterocycles. The largest absolute Gasteiger partial charge is 0.386 e. The Hall–Kier alpha value is -1.25. The highest BCUT2D eigenvalue weighted by Gasteiger charge is 2.15. The average molecular weight is 232 g/mol. The molecule has 0 N–H and O–H groups in total. The first-order valence-electron chi connectivity index (χ1n) is 5.09. The summed E-state index contributed by atoms with van der Waals surface area (Å²) in [6.45, 7) is 9.92. The summed E-state index contributed by atoms with van der Waals surface area (Å²) in [6.07, 6.45) is -2.15. The molecule has 0 bridgehead atoms. The molecule has 0 aliphatic carbocycles. The molecule has 1 aromatic rings. The van der Waals surface area contributed by atoms with Gasteiger partial charge >= 0.3 is 6.18 Å². The Morgan fingerprint density at radius 3 is 1.62 bits per heavy atom. The van der Waals surface area contributed by atoms with Crippen LogP contribution in [0.2, 0.25) is 0 Å². The highest BCUT2D eigenvalue weighted by Crippen LogP contribution is 2.10. The van der Waals surface area contributed by atoms with Gasteiger partial charge in [0.25, 0.3) is 0 Å². The summed E-state index contributed by atoms with van der Waals surface area (Å²) < 4.78 is 31.1. The van der Waals surface area contributed by atoms with E-state index in [2.05, 4.69) is 37.8 Å². The van der Waals surface area contributed by atoms with Gasteiger partial charge in [-0.15, -0.1) is 0 Å². The van der Waals surface area contributed by atoms with Gasteiger partial charge in [-0.25, -0.2) is 0 Å². The second-order valence-electron chi connectivity index (χ2n) is 2.90. The van der Waals surface area contributed by atoms with Crippen LogP contribution < -0.4 is 0 Å². The fourth-order valence-corrected chi connectivity index (χ4v) is 0.703. The zero-order valence-electron chi connectivity index (χ0n) is 10.2. The number of hydrogen-bond donors (Lipinski definition) is 0. The van der Waals surface area contributed by atoms with Crippen molar-refractivity contribution in [2.24, 2.45) is 0 Å². The monoisotopic (exact) mass is 232 g/mol. The molecule has 92 valence electrons. The molecular formula is C13H19F3. The third-order valence-corrected chi connectivity index (χ3v) is 1.31. The summed E-state index contributed by atoms with van der Waals surface area (Å²) in [6, 6.07) is 8.28. The molecule has 0 radical (unpaired) electrons. The molecule has 0 amide bonds. The van der Waals surface area contributed by atoms with E-state index in [1.165, 1.54) is 11.1 Å². The van der Waals surface area contributed by atoms with Gasteiger partial charge in [0.05, 0.1) is 0 Å². The molecule has 0 aliphatic heterocycles. The summed E-state index contributed by atoms with van der Waals surface area (Å²) in [5, 5.41) is 0. The Bertz CT molecular complexity index is 264. The number of rotatable bonds is 1. The van der Waals surface area contributed by atoms with Crippen LogP contribution in [0.5, 0.6) is 0 Å². The fourth-order valence-electron chi connectivity index (χ4n) is 0.703. The summed E-state index contributed by atoms with van der Waals surface area (Å²) >= 11 is 0. The number of hydrogen-bond acceptors (Lipinski definition) is 0. The van der Waals surface area contributed by atoms with Crippen LogP contribution in [-0.2, 0) is 0 Å². The van der Waals surface area contributed by atoms with Gasteiger partial charge in [0.15, 0.2) is 0 Å². The van der Waals surface area contributed by atoms with Crippen LogP contribution in [-0.4, -0.2) is 6.18 Å². The molecule has 0 atom stereocenters. The van der Waals surface area contributed by atoms with Crippen LogP contribution in [0.1, 0.15) is 31.9 Å². The topological polar surface area (TPSA) is 0 Å². The van der Waals surface area contributed by atoms with E-state index >= 15 is 0 Å². The van der Waals surface area contributed by atoms with E-state index in [4.69, 9.17) is 0 Å². The molecule has 0 aliphatic rings. The third-order valence-electron chi connectivity index (χ3n) is 1.31. The smallest absolute Gasteiger partial charge is 0.172 e. The molecule has 16 heavy (non-hydrogen) atoms. The van der Waals surface area contributed by atoms with Crippen LogP contribution in [0.25, 0.3) is 6.08 Å². The highest BCUT2D eigenvalue weighted by molar-refractivity contribution is 5.46. The number of alkyl halides is 3. The van der Waals surface area contributed by atoms with Crippen molar-refractivity contribution >= 4 is 6.08 Å². The second kappa shape index (κ2) is 9.01. The van der Waals surface area contributed by atoms with Crippen molar-refractivity contribution in [3.8, 4) is 0 Å². The molecule has 3 heteroatoms. The van der Waals surface area contributed by atoms with Crippen molar-refractivity contribution in [2.75, 3.05) is 0 Å². The summed E-state index contributed by atoms with van der Waals surface area (Å²) in [5.41, 5.74) is 2.47. The minimum Gasteiger partial charge on any atom is -0.172 e. The predicted octanol–water partition coefficient (Wildman–Crippen LogP) is 5.23. The third kappa shape index (κ3) is 15.2. The fraction of sp³-hybridized carbons (Fsp3) is 0.385. The van der Waals surface area contributed by atoms with Gasteiger partial charge in [-0.05, 0) is 12.5 Å². The Balaban J connectivity index is 0. The maximum atomic E-state index is 10.4. The minimum absolute atomic E-state index is 0.188. The lowest BCUT2D eigenvalue weighted by Crippen LogP contribution is -1.95. The highest BCUT2D eigenvalue weighted by atomic mass is 19.4. The molecule has 0 fully saturated rings. The van der Waals surface area contributed by atoms with Crippen LogP contribution in [0.4, 0.5) is 13.2 Å². The minimum atomic E-state index is -4.00. The molecule has 0 saturated carbocycles. The SMILES string of the molecule is C=Cc1ccc(C)cc1.CC.CC(F)(F)F. The molecule has 1 rings (SSSR count). The lowest BCUT2D eigenvalue weighted by molar-refractivity contribution is -0.110. The van der Waals surface area contributed by atoms with E-state index in [-0.39, 0.29) is 6.92 Å².